The Morgan fingerprint density at radius 3 is 2.52 bits per heavy atom. The van der Waals surface area contributed by atoms with Gasteiger partial charge in [-0.1, -0.05) is 18.6 Å². The predicted octanol–water partition coefficient (Wildman–Crippen LogP) is 2.57. The number of nitrogens with one attached hydrogen (secondary N) is 3. The highest BCUT2D eigenvalue weighted by atomic mass is 32.2. The molecule has 33 heavy (non-hydrogen) atoms. The van der Waals surface area contributed by atoms with Gasteiger partial charge in [-0.15, -0.1) is 11.3 Å². The fourth-order valence-electron chi connectivity index (χ4n) is 3.98. The van der Waals surface area contributed by atoms with Crippen molar-refractivity contribution in [1.82, 2.24) is 10.8 Å². The lowest BCUT2D eigenvalue weighted by Crippen LogP contribution is -2.43. The number of hydrogen-bond donors (Lipinski definition) is 4. The van der Waals surface area contributed by atoms with E-state index in [2.05, 4.69) is 10.6 Å². The summed E-state index contributed by atoms with van der Waals surface area (Å²) < 4.78 is 24.8. The first kappa shape index (κ1) is 24.9. The Morgan fingerprint density at radius 1 is 1.06 bits per heavy atom. The van der Waals surface area contributed by atoms with Gasteiger partial charge in [0.25, 0.3) is 0 Å². The highest BCUT2D eigenvalue weighted by Crippen LogP contribution is 2.47. The first-order valence-corrected chi connectivity index (χ1v) is 13.0. The molecular weight excluding hydrogens is 466 g/mol. The summed E-state index contributed by atoms with van der Waals surface area (Å²) in [5.41, 5.74) is 2.91. The summed E-state index contributed by atoms with van der Waals surface area (Å²) in [6.45, 7) is 0. The maximum absolute atomic E-state index is 13.1. The molecule has 0 radical (unpaired) electrons. The van der Waals surface area contributed by atoms with E-state index in [1.54, 1.807) is 35.8 Å². The van der Waals surface area contributed by atoms with Crippen LogP contribution in [0.5, 0.6) is 0 Å². The number of hydroxylamine groups is 1. The van der Waals surface area contributed by atoms with Crippen LogP contribution in [0.3, 0.4) is 0 Å². The molecule has 1 aromatic carbocycles. The van der Waals surface area contributed by atoms with E-state index in [0.29, 0.717) is 29.8 Å². The molecule has 0 spiro atoms. The summed E-state index contributed by atoms with van der Waals surface area (Å²) in [6.07, 6.45) is 1.33. The Labute approximate surface area is 196 Å². The van der Waals surface area contributed by atoms with Crippen molar-refractivity contribution in [2.45, 2.75) is 43.3 Å². The van der Waals surface area contributed by atoms with Gasteiger partial charge >= 0.3 is 0 Å². The topological polar surface area (TPSA) is 142 Å². The van der Waals surface area contributed by atoms with Gasteiger partial charge in [-0.2, -0.15) is 0 Å². The van der Waals surface area contributed by atoms with Gasteiger partial charge in [0.15, 0.2) is 9.84 Å². The molecule has 2 aromatic rings. The molecule has 178 valence electrons. The predicted molar refractivity (Wildman–Crippen MR) is 126 cm³/mol. The summed E-state index contributed by atoms with van der Waals surface area (Å²) in [7, 11) is -2.09. The number of thiophene rings is 1. The Bertz CT molecular complexity index is 1140. The zero-order valence-corrected chi connectivity index (χ0v) is 19.9. The van der Waals surface area contributed by atoms with Gasteiger partial charge in [0, 0.05) is 35.3 Å². The summed E-state index contributed by atoms with van der Waals surface area (Å²) in [5.74, 6) is -1.25. The fraction of sp³-hybridized carbons (Fsp3) is 0.409. The van der Waals surface area contributed by atoms with Gasteiger partial charge in [0.1, 0.15) is 4.75 Å². The Balaban J connectivity index is 1.85. The Kier molecular flexibility index (Phi) is 7.88. The van der Waals surface area contributed by atoms with Crippen LogP contribution in [0.15, 0.2) is 36.4 Å². The molecule has 0 saturated carbocycles. The van der Waals surface area contributed by atoms with E-state index in [1.807, 2.05) is 6.07 Å². The second-order valence-corrected chi connectivity index (χ2v) is 11.5. The van der Waals surface area contributed by atoms with Crippen LogP contribution in [-0.4, -0.2) is 44.1 Å². The molecule has 9 nitrogen and oxygen atoms in total. The summed E-state index contributed by atoms with van der Waals surface area (Å²) in [6, 6.07) is 10.6. The SMILES string of the molecule is CNC(=O)CCC(=O)Nc1cccc(-c2ccc([C@@]3(CC(=O)NO)CCCCS3(=O)=O)s2)c1. The molecular formula is C22H27N3O6S2. The van der Waals surface area contributed by atoms with Crippen LogP contribution in [0.1, 0.15) is 43.4 Å². The van der Waals surface area contributed by atoms with Gasteiger partial charge < -0.3 is 10.6 Å². The molecule has 0 unspecified atom stereocenters. The first-order valence-electron chi connectivity index (χ1n) is 10.6. The standard InChI is InChI=1S/C22H27N3O6S2/c1-23-19(26)9-10-20(27)24-16-6-4-5-15(13-16)17-7-8-18(32-17)22(14-21(28)25-29)11-2-3-12-33(22,30)31/h4-8,13,29H,2-3,9-12,14H2,1H3,(H,23,26)(H,24,27)(H,25,28)/t22-/m0/s1. The number of carbonyl (C=O) groups excluding carboxylic acids is 3. The lowest BCUT2D eigenvalue weighted by atomic mass is 9.94. The number of hydrogen-bond acceptors (Lipinski definition) is 7. The minimum Gasteiger partial charge on any atom is -0.359 e. The van der Waals surface area contributed by atoms with E-state index in [0.717, 1.165) is 10.4 Å². The zero-order chi connectivity index (χ0) is 24.1. The third kappa shape index (κ3) is 5.60. The number of benzene rings is 1. The van der Waals surface area contributed by atoms with Crippen LogP contribution in [0, 0.1) is 0 Å². The molecule has 4 N–H and O–H groups in total. The number of rotatable bonds is 8. The minimum atomic E-state index is -3.60. The molecule has 2 heterocycles. The van der Waals surface area contributed by atoms with Gasteiger partial charge in [-0.05, 0) is 42.7 Å². The van der Waals surface area contributed by atoms with Crippen molar-refractivity contribution in [1.29, 1.82) is 0 Å². The van der Waals surface area contributed by atoms with Crippen molar-refractivity contribution < 1.29 is 28.0 Å². The van der Waals surface area contributed by atoms with Crippen LogP contribution >= 0.6 is 11.3 Å². The Morgan fingerprint density at radius 2 is 1.82 bits per heavy atom. The lowest BCUT2D eigenvalue weighted by Gasteiger charge is -2.35. The van der Waals surface area contributed by atoms with E-state index in [-0.39, 0.29) is 36.8 Å². The highest BCUT2D eigenvalue weighted by Gasteiger charge is 2.49. The average Bonchev–Trinajstić information content (AvgIpc) is 3.29. The third-order valence-electron chi connectivity index (χ3n) is 5.75. The third-order valence-corrected chi connectivity index (χ3v) is 9.81. The van der Waals surface area contributed by atoms with E-state index in [1.165, 1.54) is 18.4 Å². The molecule has 0 bridgehead atoms. The summed E-state index contributed by atoms with van der Waals surface area (Å²) >= 11 is 1.28. The van der Waals surface area contributed by atoms with Crippen LogP contribution in [0.2, 0.25) is 0 Å². The number of carbonyl (C=O) groups is 3. The molecule has 11 heteroatoms. The van der Waals surface area contributed by atoms with Gasteiger partial charge in [0.2, 0.25) is 17.7 Å². The van der Waals surface area contributed by atoms with Gasteiger partial charge in [0.05, 0.1) is 12.2 Å². The lowest BCUT2D eigenvalue weighted by molar-refractivity contribution is -0.130. The highest BCUT2D eigenvalue weighted by molar-refractivity contribution is 7.92. The van der Waals surface area contributed by atoms with Crippen molar-refractivity contribution in [2.75, 3.05) is 18.1 Å². The molecule has 0 aliphatic carbocycles. The average molecular weight is 494 g/mol. The fourth-order valence-corrected chi connectivity index (χ4v) is 7.75. The second-order valence-electron chi connectivity index (χ2n) is 7.95. The normalized spacial score (nSPS) is 19.5. The van der Waals surface area contributed by atoms with Gasteiger partial charge in [-0.3, -0.25) is 19.6 Å². The molecule has 1 aliphatic heterocycles. The van der Waals surface area contributed by atoms with Crippen LogP contribution in [-0.2, 0) is 29.0 Å². The van der Waals surface area contributed by atoms with Gasteiger partial charge in [-0.25, -0.2) is 13.9 Å². The molecule has 1 aromatic heterocycles. The summed E-state index contributed by atoms with van der Waals surface area (Å²) in [4.78, 5) is 36.8. The molecule has 1 saturated heterocycles. The largest absolute Gasteiger partial charge is 0.359 e. The smallest absolute Gasteiger partial charge is 0.245 e. The number of sulfone groups is 1. The zero-order valence-electron chi connectivity index (χ0n) is 18.2. The molecule has 1 atom stereocenters. The maximum Gasteiger partial charge on any atom is 0.245 e. The van der Waals surface area contributed by atoms with Crippen molar-refractivity contribution in [2.24, 2.45) is 0 Å². The van der Waals surface area contributed by atoms with E-state index in [9.17, 15) is 22.8 Å². The minimum absolute atomic E-state index is 0.00346. The summed E-state index contributed by atoms with van der Waals surface area (Å²) in [5, 5.41) is 14.3. The van der Waals surface area contributed by atoms with Crippen molar-refractivity contribution in [3.63, 3.8) is 0 Å². The van der Waals surface area contributed by atoms with Crippen LogP contribution in [0.4, 0.5) is 5.69 Å². The second kappa shape index (κ2) is 10.4. The van der Waals surface area contributed by atoms with Crippen molar-refractivity contribution in [3.05, 3.63) is 41.3 Å². The molecule has 3 amide bonds. The monoisotopic (exact) mass is 493 g/mol. The molecule has 1 fully saturated rings. The van der Waals surface area contributed by atoms with Crippen molar-refractivity contribution >= 4 is 44.6 Å². The van der Waals surface area contributed by atoms with E-state index in [4.69, 9.17) is 5.21 Å². The van der Waals surface area contributed by atoms with E-state index < -0.39 is 20.5 Å². The Hall–Kier alpha value is -2.76. The van der Waals surface area contributed by atoms with E-state index >= 15 is 0 Å². The molecule has 3 rings (SSSR count). The quantitative estimate of drug-likeness (QED) is 0.329. The maximum atomic E-state index is 13.1. The number of amides is 3. The van der Waals surface area contributed by atoms with Crippen LogP contribution < -0.4 is 16.1 Å². The molecule has 1 aliphatic rings. The number of anilines is 1. The van der Waals surface area contributed by atoms with Crippen molar-refractivity contribution in [3.8, 4) is 10.4 Å². The first-order chi connectivity index (χ1) is 15.7. The van der Waals surface area contributed by atoms with Crippen LogP contribution in [0.25, 0.3) is 10.4 Å².